The smallest absolute Gasteiger partial charge is 0.269 e. The number of nitrogens with zero attached hydrogens (tertiary/aromatic N) is 1. The van der Waals surface area contributed by atoms with Gasteiger partial charge >= 0.3 is 0 Å². The summed E-state index contributed by atoms with van der Waals surface area (Å²) in [5, 5.41) is 2.73. The summed E-state index contributed by atoms with van der Waals surface area (Å²) in [6, 6.07) is 12.1. The summed E-state index contributed by atoms with van der Waals surface area (Å²) in [5.74, 6) is -1.09. The fourth-order valence-electron chi connectivity index (χ4n) is 2.92. The first-order valence-electron chi connectivity index (χ1n) is 8.57. The first-order chi connectivity index (χ1) is 12.9. The van der Waals surface area contributed by atoms with Crippen LogP contribution in [0.5, 0.6) is 0 Å². The summed E-state index contributed by atoms with van der Waals surface area (Å²) in [4.78, 5) is 24.2. The molecule has 2 aromatic rings. The second-order valence-electron chi connectivity index (χ2n) is 6.21. The van der Waals surface area contributed by atoms with E-state index in [4.69, 9.17) is 0 Å². The van der Waals surface area contributed by atoms with Gasteiger partial charge in [-0.3, -0.25) is 9.59 Å². The Labute approximate surface area is 157 Å². The highest BCUT2D eigenvalue weighted by Crippen LogP contribution is 2.29. The molecule has 0 spiro atoms. The van der Waals surface area contributed by atoms with Crippen LogP contribution in [0.4, 0.5) is 4.39 Å². The number of carbonyl (C=O) groups is 2. The molecule has 1 aliphatic rings. The van der Waals surface area contributed by atoms with Gasteiger partial charge in [0.25, 0.3) is 15.9 Å². The number of fused-ring (bicyclic) bond motifs is 1. The number of halogens is 1. The van der Waals surface area contributed by atoms with Gasteiger partial charge in [-0.2, -0.15) is 0 Å². The number of benzene rings is 2. The molecule has 1 heterocycles. The summed E-state index contributed by atoms with van der Waals surface area (Å²) >= 11 is 0. The van der Waals surface area contributed by atoms with Crippen molar-refractivity contribution in [2.45, 2.75) is 24.2 Å². The van der Waals surface area contributed by atoms with Crippen LogP contribution in [0.25, 0.3) is 0 Å². The van der Waals surface area contributed by atoms with E-state index in [2.05, 4.69) is 5.32 Å². The van der Waals surface area contributed by atoms with Gasteiger partial charge in [-0.1, -0.05) is 24.3 Å². The molecular formula is C19H19FN2O4S. The lowest BCUT2D eigenvalue weighted by molar-refractivity contribution is -0.121. The fourth-order valence-corrected chi connectivity index (χ4v) is 4.53. The van der Waals surface area contributed by atoms with Gasteiger partial charge in [0.05, 0.1) is 5.56 Å². The first-order valence-corrected chi connectivity index (χ1v) is 10.0. The largest absolute Gasteiger partial charge is 0.356 e. The normalized spacial score (nSPS) is 14.9. The molecule has 2 amide bonds. The van der Waals surface area contributed by atoms with Crippen molar-refractivity contribution in [1.29, 1.82) is 0 Å². The van der Waals surface area contributed by atoms with Crippen LogP contribution in [0.1, 0.15) is 28.8 Å². The Bertz CT molecular complexity index is 958. The maximum atomic E-state index is 12.8. The first kappa shape index (κ1) is 19.0. The Kier molecular flexibility index (Phi) is 5.55. The third kappa shape index (κ3) is 4.16. The molecule has 6 nitrogen and oxygen atoms in total. The van der Waals surface area contributed by atoms with E-state index >= 15 is 0 Å². The minimum Gasteiger partial charge on any atom is -0.356 e. The lowest BCUT2D eigenvalue weighted by Crippen LogP contribution is -2.32. The number of hydrogen-bond acceptors (Lipinski definition) is 4. The number of nitrogens with one attached hydrogen (secondary N) is 1. The summed E-state index contributed by atoms with van der Waals surface area (Å²) in [6.45, 7) is 0.359. The van der Waals surface area contributed by atoms with Crippen LogP contribution in [-0.2, 0) is 21.2 Å². The molecular weight excluding hydrogens is 371 g/mol. The fraction of sp³-hybridized carbons (Fsp3) is 0.263. The molecule has 0 aliphatic carbocycles. The summed E-state index contributed by atoms with van der Waals surface area (Å²) in [6.07, 6.45) is 0.917. The number of hydrogen-bond donors (Lipinski definition) is 1. The maximum Gasteiger partial charge on any atom is 0.269 e. The molecule has 27 heavy (non-hydrogen) atoms. The van der Waals surface area contributed by atoms with E-state index in [1.165, 1.54) is 24.3 Å². The van der Waals surface area contributed by atoms with Crippen LogP contribution in [0.3, 0.4) is 0 Å². The molecule has 0 radical (unpaired) electrons. The van der Waals surface area contributed by atoms with Crippen molar-refractivity contribution in [3.05, 3.63) is 65.5 Å². The molecule has 1 N–H and O–H groups in total. The topological polar surface area (TPSA) is 83.6 Å². The minimum absolute atomic E-state index is 0.0127. The molecule has 142 valence electrons. The molecule has 0 unspecified atom stereocenters. The van der Waals surface area contributed by atoms with Crippen LogP contribution in [0.2, 0.25) is 0 Å². The number of carbonyl (C=O) groups excluding carboxylic acids is 2. The van der Waals surface area contributed by atoms with Crippen molar-refractivity contribution in [2.24, 2.45) is 0 Å². The summed E-state index contributed by atoms with van der Waals surface area (Å²) in [7, 11) is -3.83. The molecule has 3 rings (SSSR count). The average molecular weight is 390 g/mol. The van der Waals surface area contributed by atoms with Crippen molar-refractivity contribution in [1.82, 2.24) is 9.62 Å². The average Bonchev–Trinajstić information content (AvgIpc) is 2.84. The molecule has 8 heteroatoms. The molecule has 0 fully saturated rings. The maximum absolute atomic E-state index is 12.8. The van der Waals surface area contributed by atoms with Gasteiger partial charge in [-0.25, -0.2) is 17.1 Å². The third-order valence-electron chi connectivity index (χ3n) is 4.33. The van der Waals surface area contributed by atoms with E-state index in [-0.39, 0.29) is 41.6 Å². The van der Waals surface area contributed by atoms with Gasteiger partial charge < -0.3 is 5.32 Å². The van der Waals surface area contributed by atoms with Crippen molar-refractivity contribution < 1.29 is 22.4 Å². The Morgan fingerprint density at radius 3 is 2.48 bits per heavy atom. The van der Waals surface area contributed by atoms with Crippen LogP contribution in [0.15, 0.2) is 53.4 Å². The van der Waals surface area contributed by atoms with E-state index in [0.29, 0.717) is 13.0 Å². The Hall–Kier alpha value is -2.74. The molecule has 0 saturated heterocycles. The number of rotatable bonds is 7. The SMILES string of the molecule is O=C(CCCN1C(=O)c2ccccc2S1(=O)=O)NCCc1ccc(F)cc1. The zero-order valence-electron chi connectivity index (χ0n) is 14.5. The highest BCUT2D eigenvalue weighted by molar-refractivity contribution is 7.90. The lowest BCUT2D eigenvalue weighted by Gasteiger charge is -2.14. The molecule has 0 aromatic heterocycles. The molecule has 0 atom stereocenters. The molecule has 1 aliphatic heterocycles. The quantitative estimate of drug-likeness (QED) is 0.785. The Morgan fingerprint density at radius 1 is 1.07 bits per heavy atom. The minimum atomic E-state index is -3.83. The second kappa shape index (κ2) is 7.87. The van der Waals surface area contributed by atoms with E-state index in [1.807, 2.05) is 0 Å². The van der Waals surface area contributed by atoms with Gasteiger partial charge in [-0.15, -0.1) is 0 Å². The van der Waals surface area contributed by atoms with E-state index in [0.717, 1.165) is 9.87 Å². The zero-order valence-corrected chi connectivity index (χ0v) is 15.3. The highest BCUT2D eigenvalue weighted by Gasteiger charge is 2.40. The monoisotopic (exact) mass is 390 g/mol. The lowest BCUT2D eigenvalue weighted by atomic mass is 10.1. The van der Waals surface area contributed by atoms with E-state index in [9.17, 15) is 22.4 Å². The summed E-state index contributed by atoms with van der Waals surface area (Å²) in [5.41, 5.74) is 1.07. The number of sulfonamides is 1. The predicted molar refractivity (Wildman–Crippen MR) is 97.0 cm³/mol. The van der Waals surface area contributed by atoms with E-state index < -0.39 is 15.9 Å². The van der Waals surface area contributed by atoms with Crippen LogP contribution in [0, 0.1) is 5.82 Å². The van der Waals surface area contributed by atoms with Crippen LogP contribution in [-0.4, -0.2) is 37.6 Å². The van der Waals surface area contributed by atoms with Crippen molar-refractivity contribution in [2.75, 3.05) is 13.1 Å². The number of amides is 2. The highest BCUT2D eigenvalue weighted by atomic mass is 32.2. The Balaban J connectivity index is 1.45. The van der Waals surface area contributed by atoms with Crippen LogP contribution >= 0.6 is 0 Å². The van der Waals surface area contributed by atoms with Gasteiger partial charge in [-0.05, 0) is 42.7 Å². The van der Waals surface area contributed by atoms with Crippen molar-refractivity contribution >= 4 is 21.8 Å². The zero-order chi connectivity index (χ0) is 19.4. The third-order valence-corrected chi connectivity index (χ3v) is 6.17. The molecule has 2 aromatic carbocycles. The van der Waals surface area contributed by atoms with Gasteiger partial charge in [0.15, 0.2) is 0 Å². The van der Waals surface area contributed by atoms with Gasteiger partial charge in [0.1, 0.15) is 10.7 Å². The molecule has 0 saturated carbocycles. The van der Waals surface area contributed by atoms with Crippen LogP contribution < -0.4 is 5.32 Å². The summed E-state index contributed by atoms with van der Waals surface area (Å²) < 4.78 is 38.5. The van der Waals surface area contributed by atoms with Crippen molar-refractivity contribution in [3.8, 4) is 0 Å². The standard InChI is InChI=1S/C19H19FN2O4S/c20-15-9-7-14(8-10-15)11-12-21-18(23)6-3-13-22-19(24)16-4-1-2-5-17(16)27(22,25)26/h1-2,4-5,7-10H,3,6,11-13H2,(H,21,23). The van der Waals surface area contributed by atoms with Gasteiger partial charge in [0.2, 0.25) is 5.91 Å². The Morgan fingerprint density at radius 2 is 1.78 bits per heavy atom. The molecule has 0 bridgehead atoms. The second-order valence-corrected chi connectivity index (χ2v) is 8.04. The van der Waals surface area contributed by atoms with E-state index in [1.54, 1.807) is 24.3 Å². The van der Waals surface area contributed by atoms with Gasteiger partial charge in [0, 0.05) is 19.5 Å². The predicted octanol–water partition coefficient (Wildman–Crippen LogP) is 2.11. The van der Waals surface area contributed by atoms with Crippen molar-refractivity contribution in [3.63, 3.8) is 0 Å².